The van der Waals surface area contributed by atoms with E-state index in [0.29, 0.717) is 23.3 Å². The minimum atomic E-state index is -2.72. The van der Waals surface area contributed by atoms with E-state index in [2.05, 4.69) is 0 Å². The van der Waals surface area contributed by atoms with E-state index in [1.165, 1.54) is 0 Å². The second-order valence-corrected chi connectivity index (χ2v) is 6.43. The van der Waals surface area contributed by atoms with Gasteiger partial charge in [-0.2, -0.15) is 0 Å². The van der Waals surface area contributed by atoms with E-state index in [0.717, 1.165) is 19.3 Å². The zero-order valence-corrected chi connectivity index (χ0v) is 7.89. The predicted octanol–water partition coefficient (Wildman–Crippen LogP) is 0.158. The highest BCUT2D eigenvalue weighted by molar-refractivity contribution is 7.91. The molecule has 4 heteroatoms. The molecular formula is C8H15NO2S. The van der Waals surface area contributed by atoms with Gasteiger partial charge in [0.1, 0.15) is 0 Å². The maximum absolute atomic E-state index is 11.3. The Labute approximate surface area is 73.2 Å². The molecule has 1 saturated heterocycles. The van der Waals surface area contributed by atoms with Gasteiger partial charge in [0, 0.05) is 6.04 Å². The molecule has 1 saturated carbocycles. The fraction of sp³-hybridized carbons (Fsp3) is 1.00. The van der Waals surface area contributed by atoms with Crippen LogP contribution >= 0.6 is 0 Å². The van der Waals surface area contributed by atoms with Gasteiger partial charge in [-0.05, 0) is 31.1 Å². The summed E-state index contributed by atoms with van der Waals surface area (Å²) in [6, 6.07) is 0.254. The van der Waals surface area contributed by atoms with Crippen molar-refractivity contribution < 1.29 is 8.42 Å². The summed E-state index contributed by atoms with van der Waals surface area (Å²) in [6.07, 6.45) is 2.92. The Kier molecular flexibility index (Phi) is 1.92. The van der Waals surface area contributed by atoms with E-state index < -0.39 is 9.84 Å². The molecule has 1 heterocycles. The summed E-state index contributed by atoms with van der Waals surface area (Å²) in [5, 5.41) is 0. The number of fused-ring (bicyclic) bond motifs is 2. The smallest absolute Gasteiger partial charge is 0.150 e. The lowest BCUT2D eigenvalue weighted by Gasteiger charge is -2.37. The van der Waals surface area contributed by atoms with E-state index >= 15 is 0 Å². The highest BCUT2D eigenvalue weighted by Gasteiger charge is 2.37. The third-order valence-electron chi connectivity index (χ3n) is 2.92. The van der Waals surface area contributed by atoms with Crippen molar-refractivity contribution in [2.24, 2.45) is 17.6 Å². The van der Waals surface area contributed by atoms with Gasteiger partial charge in [0.05, 0.1) is 11.5 Å². The lowest BCUT2D eigenvalue weighted by atomic mass is 9.80. The van der Waals surface area contributed by atoms with Crippen LogP contribution in [0.15, 0.2) is 0 Å². The van der Waals surface area contributed by atoms with Crippen molar-refractivity contribution in [3.8, 4) is 0 Å². The van der Waals surface area contributed by atoms with Crippen LogP contribution in [0.5, 0.6) is 0 Å². The number of nitrogens with two attached hydrogens (primary N) is 1. The zero-order valence-electron chi connectivity index (χ0n) is 7.07. The molecule has 70 valence electrons. The van der Waals surface area contributed by atoms with Crippen molar-refractivity contribution >= 4 is 9.84 Å². The lowest BCUT2D eigenvalue weighted by molar-refractivity contribution is 0.259. The first-order chi connectivity index (χ1) is 5.55. The van der Waals surface area contributed by atoms with Crippen LogP contribution in [-0.4, -0.2) is 26.0 Å². The fourth-order valence-electron chi connectivity index (χ4n) is 2.67. The minimum Gasteiger partial charge on any atom is -0.328 e. The molecule has 0 amide bonds. The van der Waals surface area contributed by atoms with Gasteiger partial charge in [0.25, 0.3) is 0 Å². The van der Waals surface area contributed by atoms with Gasteiger partial charge in [-0.1, -0.05) is 0 Å². The van der Waals surface area contributed by atoms with Crippen molar-refractivity contribution in [3.63, 3.8) is 0 Å². The molecule has 2 rings (SSSR count). The van der Waals surface area contributed by atoms with Gasteiger partial charge >= 0.3 is 0 Å². The summed E-state index contributed by atoms with van der Waals surface area (Å²) in [5.41, 5.74) is 5.82. The Morgan fingerprint density at radius 3 is 2.00 bits per heavy atom. The third-order valence-corrected chi connectivity index (χ3v) is 4.88. The Bertz CT molecular complexity index is 249. The Hall–Kier alpha value is -0.0900. The van der Waals surface area contributed by atoms with Crippen LogP contribution < -0.4 is 5.73 Å². The number of sulfone groups is 1. The lowest BCUT2D eigenvalue weighted by Crippen LogP contribution is -2.42. The molecule has 2 bridgehead atoms. The largest absolute Gasteiger partial charge is 0.328 e. The van der Waals surface area contributed by atoms with Crippen LogP contribution in [0, 0.1) is 11.8 Å². The van der Waals surface area contributed by atoms with Crippen LogP contribution in [0.1, 0.15) is 19.3 Å². The van der Waals surface area contributed by atoms with Gasteiger partial charge in [0.15, 0.2) is 9.84 Å². The molecule has 1 aliphatic carbocycles. The number of hydrogen-bond acceptors (Lipinski definition) is 3. The summed E-state index contributed by atoms with van der Waals surface area (Å²) in [4.78, 5) is 0. The van der Waals surface area contributed by atoms with Crippen LogP contribution in [-0.2, 0) is 9.84 Å². The summed E-state index contributed by atoms with van der Waals surface area (Å²) in [7, 11) is -2.72. The second-order valence-electron chi connectivity index (χ2n) is 4.28. The fourth-order valence-corrected chi connectivity index (χ4v) is 4.79. The molecule has 2 N–H and O–H groups in total. The highest BCUT2D eigenvalue weighted by Crippen LogP contribution is 2.34. The van der Waals surface area contributed by atoms with Crippen LogP contribution in [0.4, 0.5) is 0 Å². The number of rotatable bonds is 0. The summed E-state index contributed by atoms with van der Waals surface area (Å²) in [5.74, 6) is 1.49. The van der Waals surface area contributed by atoms with E-state index in [4.69, 9.17) is 5.73 Å². The highest BCUT2D eigenvalue weighted by atomic mass is 32.2. The Balaban J connectivity index is 2.16. The van der Waals surface area contributed by atoms with Gasteiger partial charge in [-0.25, -0.2) is 8.42 Å². The Morgan fingerprint density at radius 1 is 1.00 bits per heavy atom. The topological polar surface area (TPSA) is 60.2 Å². The summed E-state index contributed by atoms with van der Waals surface area (Å²) >= 11 is 0. The van der Waals surface area contributed by atoms with Gasteiger partial charge in [0.2, 0.25) is 0 Å². The molecular weight excluding hydrogens is 174 g/mol. The van der Waals surface area contributed by atoms with Crippen LogP contribution in [0.25, 0.3) is 0 Å². The molecule has 1 unspecified atom stereocenters. The van der Waals surface area contributed by atoms with E-state index in [9.17, 15) is 8.42 Å². The molecule has 3 nitrogen and oxygen atoms in total. The van der Waals surface area contributed by atoms with Crippen molar-refractivity contribution in [1.29, 1.82) is 0 Å². The van der Waals surface area contributed by atoms with Gasteiger partial charge in [-0.15, -0.1) is 0 Å². The number of hydrogen-bond donors (Lipinski definition) is 1. The summed E-state index contributed by atoms with van der Waals surface area (Å²) < 4.78 is 22.7. The van der Waals surface area contributed by atoms with Crippen LogP contribution in [0.2, 0.25) is 0 Å². The standard InChI is InChI=1S/C8H15NO2S/c9-8-2-6-1-7(3-8)5-12(10,11)4-6/h6-8H,1-5,9H2/t6-,7+,8?. The Morgan fingerprint density at radius 2 is 1.50 bits per heavy atom. The second kappa shape index (κ2) is 2.70. The molecule has 0 aromatic rings. The average molecular weight is 189 g/mol. The van der Waals surface area contributed by atoms with Gasteiger partial charge < -0.3 is 5.73 Å². The quantitative estimate of drug-likeness (QED) is 0.590. The first kappa shape index (κ1) is 8.51. The normalized spacial score (nSPS) is 45.6. The first-order valence-corrected chi connectivity index (χ1v) is 6.33. The van der Waals surface area contributed by atoms with Gasteiger partial charge in [-0.3, -0.25) is 0 Å². The van der Waals surface area contributed by atoms with E-state index in [-0.39, 0.29) is 6.04 Å². The maximum Gasteiger partial charge on any atom is 0.150 e. The van der Waals surface area contributed by atoms with Crippen molar-refractivity contribution in [2.45, 2.75) is 25.3 Å². The molecule has 0 radical (unpaired) electrons. The van der Waals surface area contributed by atoms with E-state index in [1.54, 1.807) is 0 Å². The van der Waals surface area contributed by atoms with Crippen LogP contribution in [0.3, 0.4) is 0 Å². The summed E-state index contributed by atoms with van der Waals surface area (Å²) in [6.45, 7) is 0. The maximum atomic E-state index is 11.3. The average Bonchev–Trinajstić information content (AvgIpc) is 1.78. The molecule has 3 atom stereocenters. The molecule has 2 aliphatic rings. The minimum absolute atomic E-state index is 0.254. The first-order valence-electron chi connectivity index (χ1n) is 4.51. The molecule has 0 spiro atoms. The third kappa shape index (κ3) is 1.64. The molecule has 1 aliphatic heterocycles. The van der Waals surface area contributed by atoms with Crippen molar-refractivity contribution in [1.82, 2.24) is 0 Å². The van der Waals surface area contributed by atoms with E-state index in [1.807, 2.05) is 0 Å². The SMILES string of the molecule is NC1C[C@@H]2C[C@H](C1)CS(=O)(=O)C2. The van der Waals surface area contributed by atoms with Crippen molar-refractivity contribution in [3.05, 3.63) is 0 Å². The molecule has 0 aromatic heterocycles. The predicted molar refractivity (Wildman–Crippen MR) is 47.5 cm³/mol. The molecule has 2 fully saturated rings. The molecule has 12 heavy (non-hydrogen) atoms. The van der Waals surface area contributed by atoms with Crippen molar-refractivity contribution in [2.75, 3.05) is 11.5 Å². The zero-order chi connectivity index (χ0) is 8.77. The monoisotopic (exact) mass is 189 g/mol. The molecule has 0 aromatic carbocycles.